The van der Waals surface area contributed by atoms with Gasteiger partial charge in [0.15, 0.2) is 23.7 Å². The lowest BCUT2D eigenvalue weighted by atomic mass is 9.50. The molecule has 5 aliphatic rings. The van der Waals surface area contributed by atoms with E-state index in [0.717, 1.165) is 30.6 Å². The van der Waals surface area contributed by atoms with Crippen molar-refractivity contribution in [2.45, 2.75) is 74.3 Å². The zero-order valence-electron chi connectivity index (χ0n) is 20.3. The van der Waals surface area contributed by atoms with E-state index in [-0.39, 0.29) is 12.1 Å². The van der Waals surface area contributed by atoms with Gasteiger partial charge in [0.25, 0.3) is 0 Å². The van der Waals surface area contributed by atoms with Crippen LogP contribution in [0, 0.1) is 0 Å². The Morgan fingerprint density at radius 1 is 1.34 bits per heavy atom. The molecule has 0 unspecified atom stereocenters. The molecule has 188 valence electrons. The summed E-state index contributed by atoms with van der Waals surface area (Å²) in [6.45, 7) is 3.06. The fourth-order valence-corrected chi connectivity index (χ4v) is 6.98. The van der Waals surface area contributed by atoms with E-state index < -0.39 is 35.2 Å². The molecular weight excluding hydrogens is 452 g/mol. The molecule has 1 spiro atoms. The van der Waals surface area contributed by atoms with E-state index in [1.165, 1.54) is 6.92 Å². The topological polar surface area (TPSA) is 107 Å². The minimum Gasteiger partial charge on any atom is -0.493 e. The van der Waals surface area contributed by atoms with Gasteiger partial charge >= 0.3 is 11.9 Å². The van der Waals surface area contributed by atoms with E-state index in [2.05, 4.69) is 16.3 Å². The second-order valence-electron chi connectivity index (χ2n) is 10.4. The molecule has 0 radical (unpaired) electrons. The Labute approximate surface area is 204 Å². The van der Waals surface area contributed by atoms with Gasteiger partial charge in [-0.2, -0.15) is 0 Å². The number of esters is 2. The molecule has 35 heavy (non-hydrogen) atoms. The molecule has 2 bridgehead atoms. The van der Waals surface area contributed by atoms with Crippen LogP contribution in [0.5, 0.6) is 11.5 Å². The molecule has 0 amide bonds. The highest BCUT2D eigenvalue weighted by atomic mass is 16.6. The zero-order chi connectivity index (χ0) is 24.5. The first kappa shape index (κ1) is 22.8. The number of aliphatic hydroxyl groups is 1. The molecule has 1 aromatic rings. The average molecular weight is 485 g/mol. The first-order chi connectivity index (χ1) is 16.8. The van der Waals surface area contributed by atoms with Crippen molar-refractivity contribution in [1.82, 2.24) is 10.2 Å². The summed E-state index contributed by atoms with van der Waals surface area (Å²) in [5.41, 5.74) is 0.280. The Morgan fingerprint density at radius 3 is 2.91 bits per heavy atom. The number of nitrogens with zero attached hydrogens (tertiary/aromatic N) is 1. The third-order valence-electron chi connectivity index (χ3n) is 8.75. The van der Waals surface area contributed by atoms with Crippen LogP contribution in [0.4, 0.5) is 0 Å². The predicted molar refractivity (Wildman–Crippen MR) is 124 cm³/mol. The molecule has 0 saturated carbocycles. The monoisotopic (exact) mass is 484 g/mol. The normalized spacial score (nSPS) is 35.4. The number of benzene rings is 1. The maximum absolute atomic E-state index is 13.0. The van der Waals surface area contributed by atoms with Crippen molar-refractivity contribution in [2.24, 2.45) is 0 Å². The lowest BCUT2D eigenvalue weighted by Gasteiger charge is -2.61. The van der Waals surface area contributed by atoms with Crippen molar-refractivity contribution in [3.8, 4) is 11.5 Å². The molecule has 2 aliphatic carbocycles. The number of likely N-dealkylation sites (N-methyl/N-ethyl adjacent to an activating group) is 1. The molecule has 9 nitrogen and oxygen atoms in total. The molecule has 3 heterocycles. The number of rotatable bonds is 5. The first-order valence-electron chi connectivity index (χ1n) is 12.5. The Bertz CT molecular complexity index is 1110. The van der Waals surface area contributed by atoms with Crippen LogP contribution >= 0.6 is 0 Å². The summed E-state index contributed by atoms with van der Waals surface area (Å²) in [5, 5.41) is 15.3. The van der Waals surface area contributed by atoms with Gasteiger partial charge in [0.05, 0.1) is 18.1 Å². The standard InChI is InChI=1S/C26H32N2O7/c1-14(33-24(30)16-5-4-11-27-16)23(29)34-18-8-9-26(31)19-13-15-6-7-17(32-3)21-20(15)25(26,22(18)35-21)10-12-28(19)2/h6-8,14,16,19,22,27,31H,4-5,9-13H2,1-3H3/t14-,16-,19-,22-,25-,26+/m0/s1. The number of hydrogen-bond donors (Lipinski definition) is 2. The molecule has 6 atom stereocenters. The largest absolute Gasteiger partial charge is 0.493 e. The number of nitrogens with one attached hydrogen (secondary N) is 1. The Kier molecular flexibility index (Phi) is 5.18. The van der Waals surface area contributed by atoms with Crippen LogP contribution < -0.4 is 14.8 Å². The Hall–Kier alpha value is -2.62. The number of hydrogen-bond acceptors (Lipinski definition) is 9. The van der Waals surface area contributed by atoms with Crippen molar-refractivity contribution in [3.63, 3.8) is 0 Å². The van der Waals surface area contributed by atoms with Gasteiger partial charge in [0, 0.05) is 18.0 Å². The number of carbonyl (C=O) groups excluding carboxylic acids is 2. The van der Waals surface area contributed by atoms with E-state index >= 15 is 0 Å². The van der Waals surface area contributed by atoms with Gasteiger partial charge in [-0.3, -0.25) is 4.79 Å². The summed E-state index contributed by atoms with van der Waals surface area (Å²) in [4.78, 5) is 27.6. The molecule has 2 N–H and O–H groups in total. The van der Waals surface area contributed by atoms with Crippen LogP contribution in [0.25, 0.3) is 0 Å². The number of carbonyl (C=O) groups is 2. The Morgan fingerprint density at radius 2 is 2.17 bits per heavy atom. The Balaban J connectivity index is 1.32. The molecule has 3 aliphatic heterocycles. The smallest absolute Gasteiger partial charge is 0.352 e. The van der Waals surface area contributed by atoms with Crippen LogP contribution in [0.15, 0.2) is 24.0 Å². The highest BCUT2D eigenvalue weighted by Crippen LogP contribution is 2.65. The summed E-state index contributed by atoms with van der Waals surface area (Å²) in [6.07, 6.45) is 3.33. The molecular formula is C26H32N2O7. The second-order valence-corrected chi connectivity index (χ2v) is 10.4. The van der Waals surface area contributed by atoms with Crippen molar-refractivity contribution in [2.75, 3.05) is 27.2 Å². The quantitative estimate of drug-likeness (QED) is 0.596. The average Bonchev–Trinajstić information content (AvgIpc) is 3.49. The molecule has 2 fully saturated rings. The fraction of sp³-hybridized carbons (Fsp3) is 0.615. The van der Waals surface area contributed by atoms with Crippen LogP contribution in [-0.4, -0.2) is 79.1 Å². The van der Waals surface area contributed by atoms with Crippen LogP contribution in [0.2, 0.25) is 0 Å². The van der Waals surface area contributed by atoms with Gasteiger partial charge in [-0.15, -0.1) is 0 Å². The van der Waals surface area contributed by atoms with Gasteiger partial charge in [0.2, 0.25) is 0 Å². The lowest BCUT2D eigenvalue weighted by molar-refractivity contribution is -0.176. The maximum atomic E-state index is 13.0. The fourth-order valence-electron chi connectivity index (χ4n) is 6.98. The first-order valence-corrected chi connectivity index (χ1v) is 12.5. The van der Waals surface area contributed by atoms with E-state index in [9.17, 15) is 14.7 Å². The molecule has 2 saturated heterocycles. The molecule has 9 heteroatoms. The SMILES string of the molecule is COc1ccc2c3c1O[C@H]1C(OC(=O)[C@H](C)OC(=O)[C@@H]4CCCN4)=CC[C@@]4(O)[C@H](C2)N(C)CC[C@]314. The second kappa shape index (κ2) is 7.94. The molecule has 1 aromatic carbocycles. The van der Waals surface area contributed by atoms with E-state index in [4.69, 9.17) is 18.9 Å². The van der Waals surface area contributed by atoms with Crippen molar-refractivity contribution >= 4 is 11.9 Å². The third kappa shape index (κ3) is 3.04. The van der Waals surface area contributed by atoms with Gasteiger partial charge in [-0.05, 0) is 70.5 Å². The highest BCUT2D eigenvalue weighted by Gasteiger charge is 2.72. The molecule has 6 rings (SSSR count). The van der Waals surface area contributed by atoms with Gasteiger partial charge < -0.3 is 34.3 Å². The number of likely N-dealkylation sites (tertiary alicyclic amines) is 1. The van der Waals surface area contributed by atoms with Gasteiger partial charge in [0.1, 0.15) is 11.8 Å². The van der Waals surface area contributed by atoms with E-state index in [1.807, 2.05) is 13.1 Å². The summed E-state index contributed by atoms with van der Waals surface area (Å²) < 4.78 is 23.3. The minimum absolute atomic E-state index is 0.0820. The van der Waals surface area contributed by atoms with E-state index in [1.54, 1.807) is 13.2 Å². The van der Waals surface area contributed by atoms with Crippen molar-refractivity contribution in [1.29, 1.82) is 0 Å². The summed E-state index contributed by atoms with van der Waals surface area (Å²) in [7, 11) is 3.64. The van der Waals surface area contributed by atoms with Crippen molar-refractivity contribution in [3.05, 3.63) is 35.1 Å². The maximum Gasteiger partial charge on any atom is 0.352 e. The van der Waals surface area contributed by atoms with Gasteiger partial charge in [-0.1, -0.05) is 6.07 Å². The van der Waals surface area contributed by atoms with Crippen molar-refractivity contribution < 1.29 is 33.6 Å². The minimum atomic E-state index is -1.07. The van der Waals surface area contributed by atoms with E-state index in [0.29, 0.717) is 42.9 Å². The lowest BCUT2D eigenvalue weighted by Crippen LogP contribution is -2.74. The highest BCUT2D eigenvalue weighted by molar-refractivity contribution is 5.82. The van der Waals surface area contributed by atoms with Crippen LogP contribution in [0.1, 0.15) is 43.7 Å². The number of piperidine rings is 1. The summed E-state index contributed by atoms with van der Waals surface area (Å²) in [5.74, 6) is 0.477. The van der Waals surface area contributed by atoms with Crippen LogP contribution in [-0.2, 0) is 30.9 Å². The number of methoxy groups -OCH3 is 1. The number of ether oxygens (including phenoxy) is 4. The van der Waals surface area contributed by atoms with Gasteiger partial charge in [-0.25, -0.2) is 4.79 Å². The summed E-state index contributed by atoms with van der Waals surface area (Å²) >= 11 is 0. The predicted octanol–water partition coefficient (Wildman–Crippen LogP) is 1.20. The molecule has 0 aromatic heterocycles. The zero-order valence-corrected chi connectivity index (χ0v) is 20.3. The van der Waals surface area contributed by atoms with Crippen LogP contribution in [0.3, 0.4) is 0 Å². The third-order valence-corrected chi connectivity index (χ3v) is 8.75. The summed E-state index contributed by atoms with van der Waals surface area (Å²) in [6, 6.07) is 3.49.